The van der Waals surface area contributed by atoms with Crippen molar-refractivity contribution in [3.8, 4) is 0 Å². The number of para-hydroxylation sites is 1. The summed E-state index contributed by atoms with van der Waals surface area (Å²) in [5.74, 6) is 2.12. The van der Waals surface area contributed by atoms with Crippen molar-refractivity contribution in [2.45, 2.75) is 33.1 Å². The molecule has 2 N–H and O–H groups in total. The second kappa shape index (κ2) is 5.49. The standard InChI is InChI=1S/C16H22N4/c1-5-20(12-9-7-6-8-10-12)14-11-13(17)18-15(19-14)16(2,3)4/h6-11H,5H2,1-4H3,(H2,17,18,19). The van der Waals surface area contributed by atoms with Crippen molar-refractivity contribution in [2.75, 3.05) is 17.2 Å². The minimum Gasteiger partial charge on any atom is -0.384 e. The Kier molecular flexibility index (Phi) is 3.93. The van der Waals surface area contributed by atoms with Crippen molar-refractivity contribution in [1.29, 1.82) is 0 Å². The average molecular weight is 270 g/mol. The number of rotatable bonds is 3. The molecule has 0 amide bonds. The van der Waals surface area contributed by atoms with E-state index in [0.29, 0.717) is 5.82 Å². The molecular weight excluding hydrogens is 248 g/mol. The summed E-state index contributed by atoms with van der Waals surface area (Å²) in [5, 5.41) is 0. The van der Waals surface area contributed by atoms with Gasteiger partial charge in [0.05, 0.1) is 0 Å². The SMILES string of the molecule is CCN(c1ccccc1)c1cc(N)nc(C(C)(C)C)n1. The Morgan fingerprint density at radius 1 is 1.10 bits per heavy atom. The second-order valence-corrected chi connectivity index (χ2v) is 5.80. The van der Waals surface area contributed by atoms with Gasteiger partial charge < -0.3 is 10.6 Å². The molecule has 1 aromatic carbocycles. The first-order valence-corrected chi connectivity index (χ1v) is 6.89. The highest BCUT2D eigenvalue weighted by atomic mass is 15.2. The normalized spacial score (nSPS) is 11.4. The van der Waals surface area contributed by atoms with Crippen LogP contribution in [-0.4, -0.2) is 16.5 Å². The molecule has 0 aliphatic carbocycles. The molecule has 106 valence electrons. The van der Waals surface area contributed by atoms with Crippen LogP contribution in [0, 0.1) is 0 Å². The van der Waals surface area contributed by atoms with Gasteiger partial charge in [-0.15, -0.1) is 0 Å². The molecule has 2 rings (SSSR count). The maximum Gasteiger partial charge on any atom is 0.138 e. The Morgan fingerprint density at radius 2 is 1.75 bits per heavy atom. The van der Waals surface area contributed by atoms with E-state index in [0.717, 1.165) is 23.9 Å². The molecule has 0 fully saturated rings. The number of aromatic nitrogens is 2. The van der Waals surface area contributed by atoms with E-state index < -0.39 is 0 Å². The van der Waals surface area contributed by atoms with E-state index in [1.165, 1.54) is 0 Å². The molecular formula is C16H22N4. The number of hydrogen-bond donors (Lipinski definition) is 1. The highest BCUT2D eigenvalue weighted by Crippen LogP contribution is 2.27. The zero-order valence-electron chi connectivity index (χ0n) is 12.6. The molecule has 0 unspecified atom stereocenters. The Hall–Kier alpha value is -2.10. The first-order valence-electron chi connectivity index (χ1n) is 6.89. The summed E-state index contributed by atoms with van der Waals surface area (Å²) in [5.41, 5.74) is 6.93. The second-order valence-electron chi connectivity index (χ2n) is 5.80. The lowest BCUT2D eigenvalue weighted by molar-refractivity contribution is 0.546. The van der Waals surface area contributed by atoms with E-state index >= 15 is 0 Å². The predicted molar refractivity (Wildman–Crippen MR) is 84.3 cm³/mol. The van der Waals surface area contributed by atoms with Crippen molar-refractivity contribution in [2.24, 2.45) is 0 Å². The third-order valence-electron chi connectivity index (χ3n) is 3.06. The summed E-state index contributed by atoms with van der Waals surface area (Å²) in [6.45, 7) is 9.19. The number of nitrogens with zero attached hydrogens (tertiary/aromatic N) is 3. The Morgan fingerprint density at radius 3 is 2.30 bits per heavy atom. The van der Waals surface area contributed by atoms with Crippen LogP contribution in [0.1, 0.15) is 33.5 Å². The quantitative estimate of drug-likeness (QED) is 0.927. The fraction of sp³-hybridized carbons (Fsp3) is 0.375. The van der Waals surface area contributed by atoms with Gasteiger partial charge in [0.25, 0.3) is 0 Å². The highest BCUT2D eigenvalue weighted by molar-refractivity contribution is 5.61. The minimum atomic E-state index is -0.125. The molecule has 0 radical (unpaired) electrons. The molecule has 0 aliphatic heterocycles. The van der Waals surface area contributed by atoms with Crippen molar-refractivity contribution in [1.82, 2.24) is 9.97 Å². The number of nitrogens with two attached hydrogens (primary N) is 1. The Labute approximate surface area is 120 Å². The summed E-state index contributed by atoms with van der Waals surface area (Å²) in [4.78, 5) is 11.2. The largest absolute Gasteiger partial charge is 0.384 e. The van der Waals surface area contributed by atoms with Gasteiger partial charge in [0.15, 0.2) is 0 Å². The van der Waals surface area contributed by atoms with Crippen molar-refractivity contribution in [3.63, 3.8) is 0 Å². The van der Waals surface area contributed by atoms with Crippen LogP contribution >= 0.6 is 0 Å². The summed E-state index contributed by atoms with van der Waals surface area (Å²) >= 11 is 0. The summed E-state index contributed by atoms with van der Waals surface area (Å²) in [6.07, 6.45) is 0. The first kappa shape index (κ1) is 14.3. The zero-order valence-corrected chi connectivity index (χ0v) is 12.6. The molecule has 0 atom stereocenters. The van der Waals surface area contributed by atoms with Crippen LogP contribution in [0.25, 0.3) is 0 Å². The molecule has 2 aromatic rings. The molecule has 0 saturated heterocycles. The van der Waals surface area contributed by atoms with Gasteiger partial charge in [0, 0.05) is 23.7 Å². The lowest BCUT2D eigenvalue weighted by Gasteiger charge is -2.25. The number of anilines is 3. The van der Waals surface area contributed by atoms with Gasteiger partial charge in [-0.05, 0) is 19.1 Å². The summed E-state index contributed by atoms with van der Waals surface area (Å²) in [6, 6.07) is 12.0. The maximum absolute atomic E-state index is 5.95. The topological polar surface area (TPSA) is 55.0 Å². The third kappa shape index (κ3) is 3.07. The monoisotopic (exact) mass is 270 g/mol. The molecule has 0 aliphatic rings. The number of benzene rings is 1. The van der Waals surface area contributed by atoms with Crippen LogP contribution < -0.4 is 10.6 Å². The average Bonchev–Trinajstić information content (AvgIpc) is 2.39. The van der Waals surface area contributed by atoms with Gasteiger partial charge in [-0.3, -0.25) is 0 Å². The third-order valence-corrected chi connectivity index (χ3v) is 3.06. The minimum absolute atomic E-state index is 0.125. The lowest BCUT2D eigenvalue weighted by Crippen LogP contribution is -2.22. The van der Waals surface area contributed by atoms with Crippen LogP contribution in [0.2, 0.25) is 0 Å². The predicted octanol–water partition coefficient (Wildman–Crippen LogP) is 3.51. The zero-order chi connectivity index (χ0) is 14.8. The first-order chi connectivity index (χ1) is 9.41. The molecule has 20 heavy (non-hydrogen) atoms. The van der Waals surface area contributed by atoms with Gasteiger partial charge in [0.1, 0.15) is 17.5 Å². The van der Waals surface area contributed by atoms with Gasteiger partial charge in [-0.1, -0.05) is 39.0 Å². The van der Waals surface area contributed by atoms with Crippen LogP contribution in [0.4, 0.5) is 17.3 Å². The van der Waals surface area contributed by atoms with Crippen molar-refractivity contribution in [3.05, 3.63) is 42.2 Å². The lowest BCUT2D eigenvalue weighted by atomic mass is 9.96. The van der Waals surface area contributed by atoms with E-state index in [-0.39, 0.29) is 5.41 Å². The van der Waals surface area contributed by atoms with Gasteiger partial charge >= 0.3 is 0 Å². The molecule has 0 saturated carbocycles. The maximum atomic E-state index is 5.95. The fourth-order valence-corrected chi connectivity index (χ4v) is 2.01. The van der Waals surface area contributed by atoms with Crippen LogP contribution in [0.5, 0.6) is 0 Å². The number of hydrogen-bond acceptors (Lipinski definition) is 4. The van der Waals surface area contributed by atoms with E-state index in [1.54, 1.807) is 0 Å². The summed E-state index contributed by atoms with van der Waals surface area (Å²) in [7, 11) is 0. The summed E-state index contributed by atoms with van der Waals surface area (Å²) < 4.78 is 0. The van der Waals surface area contributed by atoms with Gasteiger partial charge in [-0.25, -0.2) is 9.97 Å². The fourth-order valence-electron chi connectivity index (χ4n) is 2.01. The van der Waals surface area contributed by atoms with Crippen molar-refractivity contribution < 1.29 is 0 Å². The van der Waals surface area contributed by atoms with E-state index in [9.17, 15) is 0 Å². The molecule has 4 nitrogen and oxygen atoms in total. The Balaban J connectivity index is 2.48. The smallest absolute Gasteiger partial charge is 0.138 e. The van der Waals surface area contributed by atoms with Gasteiger partial charge in [0.2, 0.25) is 0 Å². The molecule has 4 heteroatoms. The molecule has 0 spiro atoms. The van der Waals surface area contributed by atoms with Gasteiger partial charge in [-0.2, -0.15) is 0 Å². The van der Waals surface area contributed by atoms with Crippen LogP contribution in [-0.2, 0) is 5.41 Å². The van der Waals surface area contributed by atoms with E-state index in [1.807, 2.05) is 24.3 Å². The van der Waals surface area contributed by atoms with Crippen molar-refractivity contribution >= 4 is 17.3 Å². The molecule has 0 bridgehead atoms. The number of nitrogen functional groups attached to an aromatic ring is 1. The highest BCUT2D eigenvalue weighted by Gasteiger charge is 2.20. The van der Waals surface area contributed by atoms with Crippen LogP contribution in [0.3, 0.4) is 0 Å². The van der Waals surface area contributed by atoms with E-state index in [2.05, 4.69) is 54.7 Å². The van der Waals surface area contributed by atoms with Crippen LogP contribution in [0.15, 0.2) is 36.4 Å². The molecule has 1 aromatic heterocycles. The Bertz CT molecular complexity index is 573. The van der Waals surface area contributed by atoms with E-state index in [4.69, 9.17) is 5.73 Å². The molecule has 1 heterocycles.